The molecule has 8 nitrogen and oxygen atoms in total. The highest BCUT2D eigenvalue weighted by Crippen LogP contribution is 1.84. The average Bonchev–Trinajstić information content (AvgIpc) is 2.39. The van der Waals surface area contributed by atoms with Gasteiger partial charge in [0.1, 0.15) is 6.73 Å². The predicted octanol–water partition coefficient (Wildman–Crippen LogP) is -1.33. The SMILES string of the molecule is O=CC(=O)OCNCCCCNCNCCC(=O)O. The number of carbonyl (C=O) groups excluding carboxylic acids is 2. The highest BCUT2D eigenvalue weighted by Gasteiger charge is 1.97. The average molecular weight is 275 g/mol. The smallest absolute Gasteiger partial charge is 0.372 e. The largest absolute Gasteiger partial charge is 0.481 e. The zero-order chi connectivity index (χ0) is 14.3. The number of aldehydes is 1. The summed E-state index contributed by atoms with van der Waals surface area (Å²) >= 11 is 0. The minimum Gasteiger partial charge on any atom is -0.481 e. The molecule has 0 saturated carbocycles. The summed E-state index contributed by atoms with van der Waals surface area (Å²) in [6.45, 7) is 2.58. The van der Waals surface area contributed by atoms with Crippen LogP contribution in [0.25, 0.3) is 0 Å². The Morgan fingerprint density at radius 1 is 1.05 bits per heavy atom. The maximum absolute atomic E-state index is 10.4. The first-order valence-electron chi connectivity index (χ1n) is 6.12. The van der Waals surface area contributed by atoms with E-state index in [0.717, 1.165) is 19.4 Å². The lowest BCUT2D eigenvalue weighted by atomic mass is 10.3. The lowest BCUT2D eigenvalue weighted by molar-refractivity contribution is -0.149. The van der Waals surface area contributed by atoms with E-state index in [1.54, 1.807) is 0 Å². The molecule has 0 spiro atoms. The third-order valence-corrected chi connectivity index (χ3v) is 2.14. The maximum Gasteiger partial charge on any atom is 0.372 e. The molecule has 0 atom stereocenters. The van der Waals surface area contributed by atoms with Crippen molar-refractivity contribution in [2.45, 2.75) is 19.3 Å². The fourth-order valence-electron chi connectivity index (χ4n) is 1.19. The van der Waals surface area contributed by atoms with E-state index >= 15 is 0 Å². The van der Waals surface area contributed by atoms with Gasteiger partial charge in [0.2, 0.25) is 6.29 Å². The van der Waals surface area contributed by atoms with Crippen LogP contribution in [-0.2, 0) is 19.1 Å². The summed E-state index contributed by atoms with van der Waals surface area (Å²) in [5.74, 6) is -1.68. The molecule has 0 saturated heterocycles. The van der Waals surface area contributed by atoms with Crippen molar-refractivity contribution in [2.24, 2.45) is 0 Å². The number of nitrogens with one attached hydrogen (secondary N) is 3. The zero-order valence-corrected chi connectivity index (χ0v) is 10.8. The van der Waals surface area contributed by atoms with Gasteiger partial charge in [-0.3, -0.25) is 14.9 Å². The topological polar surface area (TPSA) is 117 Å². The van der Waals surface area contributed by atoms with Gasteiger partial charge in [-0.15, -0.1) is 0 Å². The summed E-state index contributed by atoms with van der Waals surface area (Å²) in [5, 5.41) is 17.3. The molecular weight excluding hydrogens is 254 g/mol. The molecule has 0 aromatic rings. The van der Waals surface area contributed by atoms with E-state index in [1.807, 2.05) is 0 Å². The molecule has 0 aliphatic rings. The number of ether oxygens (including phenoxy) is 1. The molecule has 0 aromatic heterocycles. The Kier molecular flexibility index (Phi) is 11.9. The molecule has 0 radical (unpaired) electrons. The van der Waals surface area contributed by atoms with Crippen LogP contribution >= 0.6 is 0 Å². The summed E-state index contributed by atoms with van der Waals surface area (Å²) in [4.78, 5) is 30.5. The lowest BCUT2D eigenvalue weighted by Gasteiger charge is -2.06. The number of hydrogen-bond donors (Lipinski definition) is 4. The lowest BCUT2D eigenvalue weighted by Crippen LogP contribution is -2.31. The predicted molar refractivity (Wildman–Crippen MR) is 67.4 cm³/mol. The van der Waals surface area contributed by atoms with E-state index in [-0.39, 0.29) is 19.4 Å². The van der Waals surface area contributed by atoms with Gasteiger partial charge in [0, 0.05) is 13.2 Å². The van der Waals surface area contributed by atoms with Gasteiger partial charge in [0.15, 0.2) is 0 Å². The van der Waals surface area contributed by atoms with Crippen LogP contribution in [0.15, 0.2) is 0 Å². The van der Waals surface area contributed by atoms with Crippen LogP contribution in [0.2, 0.25) is 0 Å². The summed E-state index contributed by atoms with van der Waals surface area (Å²) < 4.78 is 4.49. The Labute approximate surface area is 111 Å². The van der Waals surface area contributed by atoms with Gasteiger partial charge in [-0.05, 0) is 25.9 Å². The highest BCUT2D eigenvalue weighted by atomic mass is 16.5. The van der Waals surface area contributed by atoms with Gasteiger partial charge in [0.25, 0.3) is 0 Å². The molecule has 0 aliphatic carbocycles. The van der Waals surface area contributed by atoms with Crippen molar-refractivity contribution in [1.29, 1.82) is 0 Å². The molecule has 0 aromatic carbocycles. The van der Waals surface area contributed by atoms with Crippen LogP contribution in [0.1, 0.15) is 19.3 Å². The minimum atomic E-state index is -0.874. The van der Waals surface area contributed by atoms with Gasteiger partial charge in [-0.25, -0.2) is 4.79 Å². The molecule has 4 N–H and O–H groups in total. The number of carboxylic acids is 1. The fraction of sp³-hybridized carbons (Fsp3) is 0.727. The number of unbranched alkanes of at least 4 members (excludes halogenated alkanes) is 1. The molecular formula is C11H21N3O5. The van der Waals surface area contributed by atoms with Crippen molar-refractivity contribution < 1.29 is 24.2 Å². The van der Waals surface area contributed by atoms with Gasteiger partial charge in [-0.2, -0.15) is 0 Å². The normalized spacial score (nSPS) is 10.1. The van der Waals surface area contributed by atoms with E-state index in [1.165, 1.54) is 0 Å². The van der Waals surface area contributed by atoms with Crippen LogP contribution in [0.4, 0.5) is 0 Å². The van der Waals surface area contributed by atoms with Crippen LogP contribution in [0, 0.1) is 0 Å². The highest BCUT2D eigenvalue weighted by molar-refractivity contribution is 6.20. The van der Waals surface area contributed by atoms with E-state index in [9.17, 15) is 14.4 Å². The van der Waals surface area contributed by atoms with Crippen LogP contribution in [0.5, 0.6) is 0 Å². The van der Waals surface area contributed by atoms with Crippen LogP contribution < -0.4 is 16.0 Å². The number of rotatable bonds is 13. The monoisotopic (exact) mass is 275 g/mol. The Balaban J connectivity index is 3.05. The number of esters is 1. The van der Waals surface area contributed by atoms with Crippen LogP contribution in [-0.4, -0.2) is 56.4 Å². The quantitative estimate of drug-likeness (QED) is 0.107. The second kappa shape index (κ2) is 12.9. The van der Waals surface area contributed by atoms with Crippen molar-refractivity contribution in [1.82, 2.24) is 16.0 Å². The Morgan fingerprint density at radius 3 is 2.32 bits per heavy atom. The fourth-order valence-corrected chi connectivity index (χ4v) is 1.19. The summed E-state index contributed by atoms with van der Waals surface area (Å²) in [5.41, 5.74) is 0. The molecule has 19 heavy (non-hydrogen) atoms. The third-order valence-electron chi connectivity index (χ3n) is 2.14. The maximum atomic E-state index is 10.4. The van der Waals surface area contributed by atoms with Crippen molar-refractivity contribution in [2.75, 3.05) is 33.0 Å². The van der Waals surface area contributed by atoms with Gasteiger partial charge < -0.3 is 20.5 Å². The number of carboxylic acid groups (broad SMARTS) is 1. The molecule has 8 heteroatoms. The zero-order valence-electron chi connectivity index (χ0n) is 10.8. The molecule has 0 amide bonds. The summed E-state index contributed by atoms with van der Waals surface area (Å²) in [7, 11) is 0. The molecule has 0 fully saturated rings. The molecule has 0 aliphatic heterocycles. The molecule has 0 heterocycles. The minimum absolute atomic E-state index is 0.0434. The Hall–Kier alpha value is -1.51. The Morgan fingerprint density at radius 2 is 1.68 bits per heavy atom. The molecule has 0 rings (SSSR count). The number of hydrogen-bond acceptors (Lipinski definition) is 7. The second-order valence-electron chi connectivity index (χ2n) is 3.75. The van der Waals surface area contributed by atoms with Crippen molar-refractivity contribution in [3.63, 3.8) is 0 Å². The van der Waals surface area contributed by atoms with E-state index in [4.69, 9.17) is 5.11 Å². The van der Waals surface area contributed by atoms with Crippen molar-refractivity contribution in [3.8, 4) is 0 Å². The van der Waals surface area contributed by atoms with Crippen LogP contribution in [0.3, 0.4) is 0 Å². The summed E-state index contributed by atoms with van der Waals surface area (Å²) in [6, 6.07) is 0. The second-order valence-corrected chi connectivity index (χ2v) is 3.75. The summed E-state index contributed by atoms with van der Waals surface area (Å²) in [6.07, 6.45) is 2.09. The van der Waals surface area contributed by atoms with Gasteiger partial charge >= 0.3 is 11.9 Å². The first-order chi connectivity index (χ1) is 9.16. The number of carbonyl (C=O) groups is 3. The molecule has 0 bridgehead atoms. The van der Waals surface area contributed by atoms with Gasteiger partial charge in [0.05, 0.1) is 6.42 Å². The first kappa shape index (κ1) is 17.5. The van der Waals surface area contributed by atoms with Crippen molar-refractivity contribution >= 4 is 18.2 Å². The standard InChI is InChI=1S/C11H21N3O5/c15-7-11(18)19-9-14-5-2-1-4-12-8-13-6-3-10(16)17/h7,12-14H,1-6,8-9H2,(H,16,17). The van der Waals surface area contributed by atoms with E-state index < -0.39 is 11.9 Å². The third kappa shape index (κ3) is 14.4. The number of aliphatic carboxylic acids is 1. The van der Waals surface area contributed by atoms with E-state index in [0.29, 0.717) is 19.8 Å². The van der Waals surface area contributed by atoms with E-state index in [2.05, 4.69) is 20.7 Å². The molecule has 0 unspecified atom stereocenters. The Bertz CT molecular complexity index is 273. The van der Waals surface area contributed by atoms with Gasteiger partial charge in [-0.1, -0.05) is 0 Å². The van der Waals surface area contributed by atoms with Crippen molar-refractivity contribution in [3.05, 3.63) is 0 Å². The molecule has 110 valence electrons. The first-order valence-corrected chi connectivity index (χ1v) is 6.12.